The molecular formula is C18H19NO3S. The van der Waals surface area contributed by atoms with Gasteiger partial charge in [-0.1, -0.05) is 6.07 Å². The zero-order valence-corrected chi connectivity index (χ0v) is 14.5. The summed E-state index contributed by atoms with van der Waals surface area (Å²) in [6.07, 6.45) is 0. The van der Waals surface area contributed by atoms with Crippen molar-refractivity contribution in [3.05, 3.63) is 68.3 Å². The van der Waals surface area contributed by atoms with Gasteiger partial charge < -0.3 is 0 Å². The number of nitro benzene ring substituents is 1. The molecule has 0 aliphatic rings. The van der Waals surface area contributed by atoms with Crippen LogP contribution in [0.5, 0.6) is 0 Å². The molecule has 0 N–H and O–H groups in total. The Balaban J connectivity index is 2.25. The van der Waals surface area contributed by atoms with Crippen LogP contribution in [0.15, 0.2) is 35.2 Å². The first kappa shape index (κ1) is 17.2. The first-order valence-corrected chi connectivity index (χ1v) is 8.27. The van der Waals surface area contributed by atoms with Crippen molar-refractivity contribution in [1.29, 1.82) is 0 Å². The fourth-order valence-corrected chi connectivity index (χ4v) is 3.89. The molecule has 0 spiro atoms. The van der Waals surface area contributed by atoms with E-state index in [1.54, 1.807) is 30.8 Å². The van der Waals surface area contributed by atoms with Crippen molar-refractivity contribution in [2.45, 2.75) is 38.3 Å². The number of nitrogens with zero attached hydrogens (tertiary/aromatic N) is 1. The van der Waals surface area contributed by atoms with Crippen LogP contribution in [-0.4, -0.2) is 10.7 Å². The van der Waals surface area contributed by atoms with E-state index >= 15 is 0 Å². The Morgan fingerprint density at radius 3 is 2.26 bits per heavy atom. The van der Waals surface area contributed by atoms with E-state index in [-0.39, 0.29) is 11.5 Å². The third-order valence-corrected chi connectivity index (χ3v) is 4.95. The Hall–Kier alpha value is -2.14. The first-order chi connectivity index (χ1) is 10.8. The summed E-state index contributed by atoms with van der Waals surface area (Å²) in [4.78, 5) is 23.1. The lowest BCUT2D eigenvalue weighted by molar-refractivity contribution is -0.384. The number of thioether (sulfide) groups is 1. The summed E-state index contributed by atoms with van der Waals surface area (Å²) < 4.78 is 0. The van der Waals surface area contributed by atoms with Crippen molar-refractivity contribution in [2.75, 3.05) is 0 Å². The summed E-state index contributed by atoms with van der Waals surface area (Å²) in [5.41, 5.74) is 5.26. The molecule has 0 fully saturated rings. The second kappa shape index (κ2) is 6.96. The van der Waals surface area contributed by atoms with E-state index in [4.69, 9.17) is 0 Å². The monoisotopic (exact) mass is 329 g/mol. The Kier molecular flexibility index (Phi) is 5.21. The Labute approximate surface area is 140 Å². The van der Waals surface area contributed by atoms with Crippen LogP contribution in [0.4, 0.5) is 5.69 Å². The molecule has 2 aromatic rings. The van der Waals surface area contributed by atoms with Gasteiger partial charge >= 0.3 is 0 Å². The molecule has 0 radical (unpaired) electrons. The Bertz CT molecular complexity index is 767. The molecule has 0 saturated carbocycles. The topological polar surface area (TPSA) is 60.2 Å². The predicted molar refractivity (Wildman–Crippen MR) is 93.3 cm³/mol. The largest absolute Gasteiger partial charge is 0.294 e. The van der Waals surface area contributed by atoms with Crippen LogP contribution < -0.4 is 0 Å². The van der Waals surface area contributed by atoms with Crippen molar-refractivity contribution >= 4 is 23.2 Å². The summed E-state index contributed by atoms with van der Waals surface area (Å²) in [5.74, 6) is 0.817. The van der Waals surface area contributed by atoms with Gasteiger partial charge in [-0.2, -0.15) is 0 Å². The van der Waals surface area contributed by atoms with E-state index in [0.717, 1.165) is 32.9 Å². The van der Waals surface area contributed by atoms with Crippen LogP contribution in [0, 0.1) is 30.9 Å². The summed E-state index contributed by atoms with van der Waals surface area (Å²) >= 11 is 1.61. The van der Waals surface area contributed by atoms with Gasteiger partial charge in [-0.15, -0.1) is 11.8 Å². The number of ketones is 1. The van der Waals surface area contributed by atoms with Crippen molar-refractivity contribution in [2.24, 2.45) is 0 Å². The van der Waals surface area contributed by atoms with Gasteiger partial charge in [0.15, 0.2) is 5.78 Å². The molecule has 0 atom stereocenters. The van der Waals surface area contributed by atoms with E-state index < -0.39 is 4.92 Å². The molecule has 23 heavy (non-hydrogen) atoms. The molecule has 0 saturated heterocycles. The highest BCUT2D eigenvalue weighted by Crippen LogP contribution is 2.30. The van der Waals surface area contributed by atoms with Crippen molar-refractivity contribution < 1.29 is 9.72 Å². The number of non-ortho nitro benzene ring substituents is 1. The Morgan fingerprint density at radius 1 is 1.13 bits per heavy atom. The van der Waals surface area contributed by atoms with Gasteiger partial charge in [0, 0.05) is 28.3 Å². The number of hydrogen-bond acceptors (Lipinski definition) is 4. The standard InChI is InChI=1S/C18H19NO3S/c1-11-9-12(2)18(14(4)20)13(3)17(11)10-23-16-7-5-15(6-8-16)19(21)22/h5-9H,10H2,1-4H3. The smallest absolute Gasteiger partial charge is 0.269 e. The van der Waals surface area contributed by atoms with Crippen LogP contribution in [0.1, 0.15) is 39.5 Å². The van der Waals surface area contributed by atoms with Gasteiger partial charge in [-0.3, -0.25) is 14.9 Å². The minimum Gasteiger partial charge on any atom is -0.294 e. The van der Waals surface area contributed by atoms with E-state index in [2.05, 4.69) is 13.0 Å². The summed E-state index contributed by atoms with van der Waals surface area (Å²) in [6.45, 7) is 7.60. The molecule has 2 rings (SSSR count). The maximum absolute atomic E-state index is 11.9. The highest BCUT2D eigenvalue weighted by molar-refractivity contribution is 7.98. The van der Waals surface area contributed by atoms with Gasteiger partial charge in [0.25, 0.3) is 5.69 Å². The maximum Gasteiger partial charge on any atom is 0.269 e. The fraction of sp³-hybridized carbons (Fsp3) is 0.278. The number of hydrogen-bond donors (Lipinski definition) is 0. The molecule has 0 aromatic heterocycles. The number of nitro groups is 1. The minimum absolute atomic E-state index is 0.0848. The average Bonchev–Trinajstić information content (AvgIpc) is 2.46. The average molecular weight is 329 g/mol. The quantitative estimate of drug-likeness (QED) is 0.335. The molecule has 2 aromatic carbocycles. The summed E-state index contributed by atoms with van der Waals surface area (Å²) in [6, 6.07) is 8.59. The lowest BCUT2D eigenvalue weighted by Crippen LogP contribution is -2.05. The van der Waals surface area contributed by atoms with Crippen molar-refractivity contribution in [3.8, 4) is 0 Å². The van der Waals surface area contributed by atoms with Crippen LogP contribution in [0.2, 0.25) is 0 Å². The highest BCUT2D eigenvalue weighted by atomic mass is 32.2. The van der Waals surface area contributed by atoms with E-state index in [0.29, 0.717) is 0 Å². The molecule has 120 valence electrons. The summed E-state index contributed by atoms with van der Waals surface area (Å²) in [5, 5.41) is 10.7. The number of carbonyl (C=O) groups excluding carboxylic acids is 1. The number of aryl methyl sites for hydroxylation is 2. The van der Waals surface area contributed by atoms with Crippen LogP contribution in [0.25, 0.3) is 0 Å². The molecular weight excluding hydrogens is 310 g/mol. The minimum atomic E-state index is -0.401. The van der Waals surface area contributed by atoms with Gasteiger partial charge in [-0.25, -0.2) is 0 Å². The van der Waals surface area contributed by atoms with Crippen LogP contribution in [0.3, 0.4) is 0 Å². The zero-order valence-electron chi connectivity index (χ0n) is 13.7. The number of rotatable bonds is 5. The molecule has 4 nitrogen and oxygen atoms in total. The normalized spacial score (nSPS) is 10.6. The highest BCUT2D eigenvalue weighted by Gasteiger charge is 2.14. The molecule has 0 bridgehead atoms. The van der Waals surface area contributed by atoms with Crippen molar-refractivity contribution in [3.63, 3.8) is 0 Å². The molecule has 0 heterocycles. The molecule has 0 unspecified atom stereocenters. The molecule has 0 aliphatic heterocycles. The molecule has 0 amide bonds. The van der Waals surface area contributed by atoms with Crippen molar-refractivity contribution in [1.82, 2.24) is 0 Å². The molecule has 5 heteroatoms. The SMILES string of the molecule is CC(=O)c1c(C)cc(C)c(CSc2ccc([N+](=O)[O-])cc2)c1C. The van der Waals surface area contributed by atoms with Crippen LogP contribution in [-0.2, 0) is 5.75 Å². The number of benzene rings is 2. The van der Waals surface area contributed by atoms with Gasteiger partial charge in [0.2, 0.25) is 0 Å². The van der Waals surface area contributed by atoms with E-state index in [9.17, 15) is 14.9 Å². The third kappa shape index (κ3) is 3.79. The number of carbonyl (C=O) groups is 1. The molecule has 0 aliphatic carbocycles. The zero-order chi connectivity index (χ0) is 17.1. The van der Waals surface area contributed by atoms with Gasteiger partial charge in [0.05, 0.1) is 4.92 Å². The number of Topliss-reactive ketones (excluding diaryl/α,β-unsaturated/α-hetero) is 1. The predicted octanol–water partition coefficient (Wildman–Crippen LogP) is 5.01. The van der Waals surface area contributed by atoms with Gasteiger partial charge in [-0.05, 0) is 62.1 Å². The Morgan fingerprint density at radius 2 is 1.74 bits per heavy atom. The van der Waals surface area contributed by atoms with Crippen LogP contribution >= 0.6 is 11.8 Å². The third-order valence-electron chi connectivity index (χ3n) is 3.91. The van der Waals surface area contributed by atoms with Gasteiger partial charge in [0.1, 0.15) is 0 Å². The summed E-state index contributed by atoms with van der Waals surface area (Å²) in [7, 11) is 0. The maximum atomic E-state index is 11.9. The fourth-order valence-electron chi connectivity index (χ4n) is 2.81. The lowest BCUT2D eigenvalue weighted by atomic mass is 9.92. The van der Waals surface area contributed by atoms with E-state index in [1.807, 2.05) is 13.8 Å². The second-order valence-corrected chi connectivity index (χ2v) is 6.63. The van der Waals surface area contributed by atoms with E-state index in [1.165, 1.54) is 17.7 Å². The second-order valence-electron chi connectivity index (χ2n) is 5.58. The first-order valence-electron chi connectivity index (χ1n) is 7.29. The lowest BCUT2D eigenvalue weighted by Gasteiger charge is -2.15.